The standard InChI is InChI=1S/C24H23F3N4O3/c1-29-11-10-28-22(29)15-30-14-18-12-20(30)23(32)31(19-4-2-3-5-21(19)33-18)13-16-6-8-17(9-7-16)34-24(25,26)27/h2-11,18,20H,12-15H2,1H3. The quantitative estimate of drug-likeness (QED) is 0.564. The number of likely N-dealkylation sites (tertiary alicyclic amines) is 1. The Morgan fingerprint density at radius 1 is 1.12 bits per heavy atom. The van der Waals surface area contributed by atoms with Gasteiger partial charge in [0, 0.05) is 32.4 Å². The van der Waals surface area contributed by atoms with Crippen molar-refractivity contribution in [2.75, 3.05) is 11.4 Å². The van der Waals surface area contributed by atoms with Gasteiger partial charge in [0.1, 0.15) is 23.4 Å². The Morgan fingerprint density at radius 3 is 2.59 bits per heavy atom. The van der Waals surface area contributed by atoms with Crippen molar-refractivity contribution in [2.45, 2.75) is 38.0 Å². The monoisotopic (exact) mass is 472 g/mol. The van der Waals surface area contributed by atoms with Crippen LogP contribution in [0.2, 0.25) is 0 Å². The molecular weight excluding hydrogens is 449 g/mol. The molecule has 2 aromatic carbocycles. The van der Waals surface area contributed by atoms with Crippen molar-refractivity contribution in [1.29, 1.82) is 0 Å². The fraction of sp³-hybridized carbons (Fsp3) is 0.333. The van der Waals surface area contributed by atoms with Crippen LogP contribution in [0.15, 0.2) is 60.9 Å². The second-order valence-electron chi connectivity index (χ2n) is 8.46. The zero-order valence-corrected chi connectivity index (χ0v) is 18.4. The molecule has 5 rings (SSSR count). The molecule has 0 spiro atoms. The number of para-hydroxylation sites is 2. The number of nitrogens with zero attached hydrogens (tertiary/aromatic N) is 4. The maximum absolute atomic E-state index is 13.8. The van der Waals surface area contributed by atoms with Gasteiger partial charge in [0.2, 0.25) is 5.91 Å². The van der Waals surface area contributed by atoms with E-state index < -0.39 is 12.4 Å². The summed E-state index contributed by atoms with van der Waals surface area (Å²) < 4.78 is 49.7. The molecule has 2 atom stereocenters. The van der Waals surface area contributed by atoms with Crippen LogP contribution in [-0.2, 0) is 24.9 Å². The van der Waals surface area contributed by atoms with Crippen molar-refractivity contribution in [1.82, 2.24) is 14.5 Å². The van der Waals surface area contributed by atoms with Gasteiger partial charge in [-0.1, -0.05) is 24.3 Å². The average molecular weight is 472 g/mol. The second-order valence-corrected chi connectivity index (χ2v) is 8.46. The highest BCUT2D eigenvalue weighted by molar-refractivity contribution is 5.99. The Bertz CT molecular complexity index is 1180. The number of hydrogen-bond acceptors (Lipinski definition) is 5. The van der Waals surface area contributed by atoms with Crippen molar-refractivity contribution < 1.29 is 27.4 Å². The predicted molar refractivity (Wildman–Crippen MR) is 117 cm³/mol. The van der Waals surface area contributed by atoms with Crippen molar-refractivity contribution in [3.63, 3.8) is 0 Å². The minimum atomic E-state index is -4.76. The van der Waals surface area contributed by atoms with E-state index in [1.807, 2.05) is 42.1 Å². The summed E-state index contributed by atoms with van der Waals surface area (Å²) in [5.74, 6) is 1.07. The number of hydrogen-bond donors (Lipinski definition) is 0. The topological polar surface area (TPSA) is 59.8 Å². The van der Waals surface area contributed by atoms with E-state index in [1.54, 1.807) is 11.1 Å². The fourth-order valence-electron chi connectivity index (χ4n) is 4.51. The minimum Gasteiger partial charge on any atom is -0.487 e. The summed E-state index contributed by atoms with van der Waals surface area (Å²) in [6.07, 6.45) is -0.749. The van der Waals surface area contributed by atoms with Gasteiger partial charge in [0.25, 0.3) is 0 Å². The number of imidazole rings is 1. The summed E-state index contributed by atoms with van der Waals surface area (Å²) >= 11 is 0. The highest BCUT2D eigenvalue weighted by Gasteiger charge is 2.43. The first kappa shape index (κ1) is 22.3. The molecule has 3 heterocycles. The van der Waals surface area contributed by atoms with E-state index >= 15 is 0 Å². The molecule has 2 aliphatic heterocycles. The number of aromatic nitrogens is 2. The molecule has 2 aliphatic rings. The van der Waals surface area contributed by atoms with Crippen LogP contribution >= 0.6 is 0 Å². The van der Waals surface area contributed by atoms with Crippen LogP contribution in [-0.4, -0.2) is 45.4 Å². The first-order valence-electron chi connectivity index (χ1n) is 10.9. The number of fused-ring (bicyclic) bond motifs is 3. The summed E-state index contributed by atoms with van der Waals surface area (Å²) in [4.78, 5) is 21.9. The lowest BCUT2D eigenvalue weighted by Gasteiger charge is -2.32. The SMILES string of the molecule is Cn1ccnc1CN1CC2CC1C(=O)N(Cc1ccc(OC(F)(F)F)cc1)c1ccccc1O2. The third kappa shape index (κ3) is 4.58. The molecule has 0 N–H and O–H groups in total. The Labute approximate surface area is 194 Å². The van der Waals surface area contributed by atoms with Gasteiger partial charge in [-0.05, 0) is 29.8 Å². The normalized spacial score (nSPS) is 20.5. The molecule has 0 radical (unpaired) electrons. The lowest BCUT2D eigenvalue weighted by atomic mass is 10.1. The van der Waals surface area contributed by atoms with Crippen LogP contribution < -0.4 is 14.4 Å². The van der Waals surface area contributed by atoms with E-state index in [0.717, 1.165) is 5.82 Å². The molecule has 178 valence electrons. The lowest BCUT2D eigenvalue weighted by Crippen LogP contribution is -2.45. The van der Waals surface area contributed by atoms with E-state index in [1.165, 1.54) is 24.3 Å². The highest BCUT2D eigenvalue weighted by Crippen LogP contribution is 2.37. The van der Waals surface area contributed by atoms with Gasteiger partial charge in [-0.2, -0.15) is 0 Å². The van der Waals surface area contributed by atoms with Crippen LogP contribution in [0.5, 0.6) is 11.5 Å². The third-order valence-electron chi connectivity index (χ3n) is 6.13. The van der Waals surface area contributed by atoms with Gasteiger partial charge in [0.05, 0.1) is 24.8 Å². The molecular formula is C24H23F3N4O3. The lowest BCUT2D eigenvalue weighted by molar-refractivity contribution is -0.274. The summed E-state index contributed by atoms with van der Waals surface area (Å²) in [5.41, 5.74) is 1.31. The van der Waals surface area contributed by atoms with Gasteiger partial charge in [-0.25, -0.2) is 4.98 Å². The summed E-state index contributed by atoms with van der Waals surface area (Å²) in [5, 5.41) is 0. The number of benzene rings is 2. The molecule has 0 aliphatic carbocycles. The molecule has 10 heteroatoms. The smallest absolute Gasteiger partial charge is 0.487 e. The molecule has 0 saturated carbocycles. The molecule has 2 unspecified atom stereocenters. The molecule has 2 bridgehead atoms. The zero-order chi connectivity index (χ0) is 23.9. The maximum Gasteiger partial charge on any atom is 0.573 e. The summed E-state index contributed by atoms with van der Waals surface area (Å²) in [7, 11) is 1.91. The van der Waals surface area contributed by atoms with E-state index in [9.17, 15) is 18.0 Å². The number of anilines is 1. The summed E-state index contributed by atoms with van der Waals surface area (Å²) in [6, 6.07) is 12.5. The van der Waals surface area contributed by atoms with Gasteiger partial charge in [0.15, 0.2) is 0 Å². The molecule has 1 saturated heterocycles. The van der Waals surface area contributed by atoms with Crippen molar-refractivity contribution >= 4 is 11.6 Å². The maximum atomic E-state index is 13.8. The third-order valence-corrected chi connectivity index (χ3v) is 6.13. The Hall–Kier alpha value is -3.53. The Kier molecular flexibility index (Phi) is 5.68. The summed E-state index contributed by atoms with van der Waals surface area (Å²) in [6.45, 7) is 1.28. The number of carbonyl (C=O) groups is 1. The predicted octanol–water partition coefficient (Wildman–Crippen LogP) is 3.89. The molecule has 1 fully saturated rings. The van der Waals surface area contributed by atoms with Crippen molar-refractivity contribution in [2.24, 2.45) is 7.05 Å². The molecule has 34 heavy (non-hydrogen) atoms. The van der Waals surface area contributed by atoms with Crippen LogP contribution in [0.1, 0.15) is 17.8 Å². The van der Waals surface area contributed by atoms with Crippen molar-refractivity contribution in [3.05, 3.63) is 72.3 Å². The van der Waals surface area contributed by atoms with Gasteiger partial charge < -0.3 is 18.9 Å². The zero-order valence-electron chi connectivity index (χ0n) is 18.4. The number of rotatable bonds is 5. The molecule has 1 aromatic heterocycles. The molecule has 7 nitrogen and oxygen atoms in total. The highest BCUT2D eigenvalue weighted by atomic mass is 19.4. The van der Waals surface area contributed by atoms with Crippen LogP contribution in [0.4, 0.5) is 18.9 Å². The largest absolute Gasteiger partial charge is 0.573 e. The fourth-order valence-corrected chi connectivity index (χ4v) is 4.51. The van der Waals surface area contributed by atoms with Gasteiger partial charge >= 0.3 is 6.36 Å². The Morgan fingerprint density at radius 2 is 1.88 bits per heavy atom. The first-order chi connectivity index (χ1) is 16.3. The number of amides is 1. The van der Waals surface area contributed by atoms with Crippen molar-refractivity contribution in [3.8, 4) is 11.5 Å². The van der Waals surface area contributed by atoms with E-state index in [-0.39, 0.29) is 24.3 Å². The second kappa shape index (κ2) is 8.68. The van der Waals surface area contributed by atoms with Crippen LogP contribution in [0.25, 0.3) is 0 Å². The number of halogens is 3. The van der Waals surface area contributed by atoms with Gasteiger partial charge in [-0.15, -0.1) is 13.2 Å². The minimum absolute atomic E-state index is 0.0805. The molecule has 3 aromatic rings. The average Bonchev–Trinajstić information content (AvgIpc) is 3.38. The molecule has 1 amide bonds. The Balaban J connectivity index is 1.43. The van der Waals surface area contributed by atoms with Gasteiger partial charge in [-0.3, -0.25) is 9.69 Å². The van der Waals surface area contributed by atoms with Crippen LogP contribution in [0.3, 0.4) is 0 Å². The van der Waals surface area contributed by atoms with E-state index in [2.05, 4.69) is 14.6 Å². The number of carbonyl (C=O) groups excluding carboxylic acids is 1. The first-order valence-corrected chi connectivity index (χ1v) is 10.9. The van der Waals surface area contributed by atoms with E-state index in [0.29, 0.717) is 36.5 Å². The number of alkyl halides is 3. The number of aryl methyl sites for hydroxylation is 1. The number of ether oxygens (including phenoxy) is 2. The van der Waals surface area contributed by atoms with E-state index in [4.69, 9.17) is 4.74 Å². The van der Waals surface area contributed by atoms with Crippen LogP contribution in [0, 0.1) is 0 Å².